The zero-order valence-corrected chi connectivity index (χ0v) is 7.87. The van der Waals surface area contributed by atoms with E-state index in [0.29, 0.717) is 25.7 Å². The fourth-order valence-corrected chi connectivity index (χ4v) is 1.13. The molecule has 0 rings (SSSR count). The highest BCUT2D eigenvalue weighted by Gasteiger charge is 2.27. The molecule has 0 saturated carbocycles. The van der Waals surface area contributed by atoms with Crippen LogP contribution in [0, 0.1) is 5.41 Å². The maximum Gasteiger partial charge on any atom is 0.133 e. The van der Waals surface area contributed by atoms with Gasteiger partial charge in [-0.25, -0.2) is 0 Å². The van der Waals surface area contributed by atoms with Crippen LogP contribution in [-0.2, 0) is 9.59 Å². The Labute approximate surface area is 79.3 Å². The lowest BCUT2D eigenvalue weighted by Gasteiger charge is -2.19. The third-order valence-electron chi connectivity index (χ3n) is 2.10. The van der Waals surface area contributed by atoms with Crippen LogP contribution < -0.4 is 0 Å². The summed E-state index contributed by atoms with van der Waals surface area (Å²) in [6.45, 7) is 7.12. The quantitative estimate of drug-likeness (QED) is 0.326. The van der Waals surface area contributed by atoms with Crippen molar-refractivity contribution >= 4 is 12.6 Å². The van der Waals surface area contributed by atoms with E-state index in [4.69, 9.17) is 0 Å². The molecule has 0 unspecified atom stereocenters. The Kier molecular flexibility index (Phi) is 5.77. The van der Waals surface area contributed by atoms with Gasteiger partial charge in [0.2, 0.25) is 0 Å². The molecular weight excluding hydrogens is 164 g/mol. The molecular formula is C11H16O2. The first-order chi connectivity index (χ1) is 6.24. The predicted molar refractivity (Wildman–Crippen MR) is 53.4 cm³/mol. The molecule has 2 heteroatoms. The van der Waals surface area contributed by atoms with E-state index in [2.05, 4.69) is 13.2 Å². The predicted octanol–water partition coefficient (Wildman–Crippen LogP) is 2.30. The van der Waals surface area contributed by atoms with Gasteiger partial charge in [0.05, 0.1) is 5.41 Å². The summed E-state index contributed by atoms with van der Waals surface area (Å²) in [4.78, 5) is 21.5. The van der Waals surface area contributed by atoms with Crippen molar-refractivity contribution in [3.8, 4) is 0 Å². The molecule has 13 heavy (non-hydrogen) atoms. The van der Waals surface area contributed by atoms with Gasteiger partial charge in [0.1, 0.15) is 12.6 Å². The van der Waals surface area contributed by atoms with Gasteiger partial charge >= 0.3 is 0 Å². The molecule has 0 spiro atoms. The highest BCUT2D eigenvalue weighted by molar-refractivity contribution is 5.83. The average Bonchev–Trinajstić information content (AvgIpc) is 2.20. The third-order valence-corrected chi connectivity index (χ3v) is 2.10. The summed E-state index contributed by atoms with van der Waals surface area (Å²) in [6.07, 6.45) is 7.41. The minimum absolute atomic E-state index is 0.553. The molecule has 2 nitrogen and oxygen atoms in total. The third kappa shape index (κ3) is 3.83. The molecule has 0 radical (unpaired) electrons. The van der Waals surface area contributed by atoms with Gasteiger partial charge in [0.15, 0.2) is 0 Å². The minimum atomic E-state index is -0.817. The summed E-state index contributed by atoms with van der Waals surface area (Å²) in [6, 6.07) is 0. The SMILES string of the molecule is C=CCCC(C=O)(C=O)CCC=C. The summed E-state index contributed by atoms with van der Waals surface area (Å²) in [5, 5.41) is 0. The Bertz CT molecular complexity index is 172. The Morgan fingerprint density at radius 1 is 0.923 bits per heavy atom. The maximum absolute atomic E-state index is 10.8. The molecule has 0 bridgehead atoms. The lowest BCUT2D eigenvalue weighted by Crippen LogP contribution is -2.24. The Morgan fingerprint density at radius 2 is 1.31 bits per heavy atom. The fourth-order valence-electron chi connectivity index (χ4n) is 1.13. The number of hydrogen-bond donors (Lipinski definition) is 0. The highest BCUT2D eigenvalue weighted by Crippen LogP contribution is 2.25. The van der Waals surface area contributed by atoms with Crippen molar-refractivity contribution in [1.29, 1.82) is 0 Å². The number of allylic oxidation sites excluding steroid dienone is 2. The van der Waals surface area contributed by atoms with Gasteiger partial charge in [0.25, 0.3) is 0 Å². The number of hydrogen-bond acceptors (Lipinski definition) is 2. The monoisotopic (exact) mass is 180 g/mol. The van der Waals surface area contributed by atoms with Crippen LogP contribution in [0.25, 0.3) is 0 Å². The normalized spacial score (nSPS) is 10.5. The summed E-state index contributed by atoms with van der Waals surface area (Å²) in [7, 11) is 0. The van der Waals surface area contributed by atoms with Gasteiger partial charge in [-0.2, -0.15) is 0 Å². The molecule has 0 aromatic heterocycles. The number of carbonyl (C=O) groups is 2. The minimum Gasteiger partial charge on any atom is -0.302 e. The van der Waals surface area contributed by atoms with E-state index in [1.165, 1.54) is 0 Å². The van der Waals surface area contributed by atoms with Crippen molar-refractivity contribution in [2.45, 2.75) is 25.7 Å². The fraction of sp³-hybridized carbons (Fsp3) is 0.455. The molecule has 72 valence electrons. The van der Waals surface area contributed by atoms with Crippen LogP contribution >= 0.6 is 0 Å². The molecule has 0 saturated heterocycles. The smallest absolute Gasteiger partial charge is 0.133 e. The molecule has 0 amide bonds. The number of rotatable bonds is 8. The second-order valence-electron chi connectivity index (χ2n) is 3.12. The first-order valence-corrected chi connectivity index (χ1v) is 4.39. The average molecular weight is 180 g/mol. The molecule has 0 heterocycles. The first kappa shape index (κ1) is 11.8. The van der Waals surface area contributed by atoms with E-state index >= 15 is 0 Å². The van der Waals surface area contributed by atoms with Crippen molar-refractivity contribution in [3.05, 3.63) is 25.3 Å². The summed E-state index contributed by atoms with van der Waals surface area (Å²) >= 11 is 0. The van der Waals surface area contributed by atoms with Crippen molar-refractivity contribution in [1.82, 2.24) is 0 Å². The number of carbonyl (C=O) groups excluding carboxylic acids is 2. The lowest BCUT2D eigenvalue weighted by molar-refractivity contribution is -0.127. The maximum atomic E-state index is 10.8. The first-order valence-electron chi connectivity index (χ1n) is 4.39. The molecule has 0 aliphatic carbocycles. The second-order valence-corrected chi connectivity index (χ2v) is 3.12. The summed E-state index contributed by atoms with van der Waals surface area (Å²) in [5.41, 5.74) is -0.817. The van der Waals surface area contributed by atoms with Crippen molar-refractivity contribution < 1.29 is 9.59 Å². The molecule has 0 N–H and O–H groups in total. The zero-order chi connectivity index (χ0) is 10.2. The van der Waals surface area contributed by atoms with Crippen LogP contribution in [-0.4, -0.2) is 12.6 Å². The molecule has 0 aliphatic heterocycles. The second kappa shape index (κ2) is 6.35. The van der Waals surface area contributed by atoms with Gasteiger partial charge in [-0.3, -0.25) is 0 Å². The van der Waals surface area contributed by atoms with E-state index in [1.807, 2.05) is 0 Å². The largest absolute Gasteiger partial charge is 0.302 e. The summed E-state index contributed by atoms with van der Waals surface area (Å²) < 4.78 is 0. The Morgan fingerprint density at radius 3 is 1.54 bits per heavy atom. The molecule has 0 fully saturated rings. The van der Waals surface area contributed by atoms with E-state index in [-0.39, 0.29) is 0 Å². The molecule has 0 atom stereocenters. The Balaban J connectivity index is 4.28. The van der Waals surface area contributed by atoms with Crippen molar-refractivity contribution in [2.75, 3.05) is 0 Å². The van der Waals surface area contributed by atoms with Gasteiger partial charge in [0, 0.05) is 0 Å². The lowest BCUT2D eigenvalue weighted by atomic mass is 9.82. The van der Waals surface area contributed by atoms with E-state index in [1.54, 1.807) is 12.2 Å². The van der Waals surface area contributed by atoms with Gasteiger partial charge in [-0.1, -0.05) is 12.2 Å². The van der Waals surface area contributed by atoms with Crippen LogP contribution in [0.2, 0.25) is 0 Å². The van der Waals surface area contributed by atoms with Gasteiger partial charge < -0.3 is 9.59 Å². The van der Waals surface area contributed by atoms with Crippen molar-refractivity contribution in [3.63, 3.8) is 0 Å². The van der Waals surface area contributed by atoms with Crippen LogP contribution in [0.4, 0.5) is 0 Å². The highest BCUT2D eigenvalue weighted by atomic mass is 16.1. The molecule has 0 aliphatic rings. The van der Waals surface area contributed by atoms with E-state index in [9.17, 15) is 9.59 Å². The van der Waals surface area contributed by atoms with Crippen LogP contribution in [0.15, 0.2) is 25.3 Å². The number of aldehydes is 2. The topological polar surface area (TPSA) is 34.1 Å². The van der Waals surface area contributed by atoms with Crippen molar-refractivity contribution in [2.24, 2.45) is 5.41 Å². The van der Waals surface area contributed by atoms with Crippen LogP contribution in [0.1, 0.15) is 25.7 Å². The molecule has 0 aromatic carbocycles. The standard InChI is InChI=1S/C11H16O2/c1-3-5-7-11(9-12,10-13)8-6-4-2/h3-4,9-10H,1-2,5-8H2. The zero-order valence-electron chi connectivity index (χ0n) is 7.87. The van der Waals surface area contributed by atoms with Crippen LogP contribution in [0.3, 0.4) is 0 Å². The van der Waals surface area contributed by atoms with Crippen LogP contribution in [0.5, 0.6) is 0 Å². The summed E-state index contributed by atoms with van der Waals surface area (Å²) in [5.74, 6) is 0. The van der Waals surface area contributed by atoms with Gasteiger partial charge in [-0.15, -0.1) is 13.2 Å². The van der Waals surface area contributed by atoms with Gasteiger partial charge in [-0.05, 0) is 25.7 Å². The molecule has 0 aromatic rings. The Hall–Kier alpha value is -1.18. The van der Waals surface area contributed by atoms with E-state index < -0.39 is 5.41 Å². The van der Waals surface area contributed by atoms with E-state index in [0.717, 1.165) is 12.6 Å².